The summed E-state index contributed by atoms with van der Waals surface area (Å²) in [6.07, 6.45) is 6.48. The van der Waals surface area contributed by atoms with Crippen molar-refractivity contribution in [1.29, 1.82) is 0 Å². The smallest absolute Gasteiger partial charge is 0.164 e. The van der Waals surface area contributed by atoms with Crippen LogP contribution >= 0.6 is 0 Å². The van der Waals surface area contributed by atoms with Crippen LogP contribution in [-0.4, -0.2) is 20.9 Å². The third-order valence-electron chi connectivity index (χ3n) is 11.8. The Balaban J connectivity index is 0.000000279. The van der Waals surface area contributed by atoms with Gasteiger partial charge in [0, 0.05) is 42.4 Å². The molecule has 1 N–H and O–H groups in total. The normalized spacial score (nSPS) is 14.0. The van der Waals surface area contributed by atoms with Crippen molar-refractivity contribution in [3.63, 3.8) is 0 Å². The number of rotatable bonds is 8. The van der Waals surface area contributed by atoms with Gasteiger partial charge < -0.3 is 5.11 Å². The zero-order chi connectivity index (χ0) is 36.6. The Hall–Kier alpha value is -3.66. The predicted molar refractivity (Wildman–Crippen MR) is 211 cm³/mol. The van der Waals surface area contributed by atoms with Gasteiger partial charge in [-0.3, -0.25) is 9.78 Å². The van der Waals surface area contributed by atoms with Gasteiger partial charge in [0.1, 0.15) is 12.1 Å². The second-order valence-corrected chi connectivity index (χ2v) is 16.1. The van der Waals surface area contributed by atoms with Crippen LogP contribution in [0.5, 0.6) is 0 Å². The molecule has 1 aromatic heterocycles. The molecule has 0 atom stereocenters. The number of carbonyl (C=O) groups excluding carboxylic acids is 1. The summed E-state index contributed by atoms with van der Waals surface area (Å²) in [5.41, 5.74) is 7.46. The van der Waals surface area contributed by atoms with Crippen LogP contribution in [0.2, 0.25) is 0 Å². The number of benzene rings is 4. The molecule has 0 saturated heterocycles. The van der Waals surface area contributed by atoms with Crippen molar-refractivity contribution in [2.24, 2.45) is 10.8 Å². The number of hydrogen-bond donors (Lipinski definition) is 1. The van der Waals surface area contributed by atoms with Crippen LogP contribution in [-0.2, 0) is 35.7 Å². The minimum atomic E-state index is -0.337. The first-order valence-corrected chi connectivity index (χ1v) is 18.3. The quantitative estimate of drug-likeness (QED) is 0.0959. The third kappa shape index (κ3) is 7.35. The number of nitrogens with zero attached hydrogens (tertiary/aromatic N) is 2. The van der Waals surface area contributed by atoms with Crippen LogP contribution < -0.4 is 0 Å². The molecule has 0 spiro atoms. The summed E-state index contributed by atoms with van der Waals surface area (Å²) in [4.78, 5) is 21.8. The molecule has 1 aliphatic rings. The maximum absolute atomic E-state index is 12.2. The fourth-order valence-electron chi connectivity index (χ4n) is 7.14. The standard InChI is InChI=1S/C31H27N2.C15H28O2.Ir/c1-30(2,3)21-14-16-22-20(17-21)10-8-12-24(22)28-26-25-15-13-19-9-6-7-11-23(19)27(25)31(4,5)29(26)33-18-32-28;1-7-14(5,8-2)12(16)11-13(17)15(6,9-3)10-4;/h6-11,13-18H,1-5H3;11,16H,7-10H2,1-6H3;/q-1;;/b;12-11-;. The van der Waals surface area contributed by atoms with Crippen molar-refractivity contribution in [3.05, 3.63) is 108 Å². The SMILES string of the molecule is CC(C)(C)c1ccc2c(-c3ncnc4c3-c3ccc5ccccc5c3C4(C)C)[c-]ccc2c1.CCC(C)(CC)C(=O)/C=C(\O)C(C)(CC)CC.[Ir]. The van der Waals surface area contributed by atoms with E-state index in [4.69, 9.17) is 9.97 Å². The summed E-state index contributed by atoms with van der Waals surface area (Å²) in [5.74, 6) is 0.286. The summed E-state index contributed by atoms with van der Waals surface area (Å²) in [5, 5.41) is 15.1. The molecule has 5 heteroatoms. The van der Waals surface area contributed by atoms with E-state index in [9.17, 15) is 9.90 Å². The second kappa shape index (κ2) is 15.1. The van der Waals surface area contributed by atoms with Gasteiger partial charge in [0.05, 0.1) is 5.69 Å². The van der Waals surface area contributed by atoms with Crippen LogP contribution in [0.15, 0.2) is 84.9 Å². The molecule has 1 radical (unpaired) electrons. The Morgan fingerprint density at radius 3 is 2.08 bits per heavy atom. The summed E-state index contributed by atoms with van der Waals surface area (Å²) >= 11 is 0. The maximum Gasteiger partial charge on any atom is 0.164 e. The number of allylic oxidation sites excluding steroid dienone is 2. The Morgan fingerprint density at radius 2 is 1.45 bits per heavy atom. The van der Waals surface area contributed by atoms with E-state index < -0.39 is 0 Å². The number of ketones is 1. The molecule has 4 nitrogen and oxygen atoms in total. The first-order chi connectivity index (χ1) is 23.6. The number of aliphatic hydroxyl groups is 1. The van der Waals surface area contributed by atoms with E-state index in [0.29, 0.717) is 0 Å². The molecule has 0 unspecified atom stereocenters. The molecule has 271 valence electrons. The van der Waals surface area contributed by atoms with Gasteiger partial charge in [0.25, 0.3) is 0 Å². The van der Waals surface area contributed by atoms with Crippen molar-refractivity contribution >= 4 is 27.3 Å². The first kappa shape index (κ1) is 40.1. The van der Waals surface area contributed by atoms with Crippen LogP contribution in [0, 0.1) is 16.9 Å². The van der Waals surface area contributed by atoms with E-state index >= 15 is 0 Å². The Labute approximate surface area is 319 Å². The fraction of sp³-hybridized carbons (Fsp3) is 0.413. The number of hydrogen-bond acceptors (Lipinski definition) is 4. The summed E-state index contributed by atoms with van der Waals surface area (Å²) in [6.45, 7) is 23.4. The Morgan fingerprint density at radius 1 is 0.804 bits per heavy atom. The molecule has 1 aliphatic carbocycles. The third-order valence-corrected chi connectivity index (χ3v) is 11.8. The summed E-state index contributed by atoms with van der Waals surface area (Å²) in [6, 6.07) is 27.6. The molecule has 0 fully saturated rings. The van der Waals surface area contributed by atoms with E-state index in [1.165, 1.54) is 44.3 Å². The number of aliphatic hydroxyl groups excluding tert-OH is 1. The number of carbonyl (C=O) groups is 1. The van der Waals surface area contributed by atoms with E-state index in [-0.39, 0.29) is 53.3 Å². The van der Waals surface area contributed by atoms with Gasteiger partial charge in [-0.15, -0.1) is 29.1 Å². The van der Waals surface area contributed by atoms with Gasteiger partial charge in [0.2, 0.25) is 0 Å². The topological polar surface area (TPSA) is 63.1 Å². The average Bonchev–Trinajstić information content (AvgIpc) is 3.36. The van der Waals surface area contributed by atoms with Gasteiger partial charge in [0.15, 0.2) is 5.78 Å². The minimum absolute atomic E-state index is 0. The average molecular weight is 860 g/mol. The van der Waals surface area contributed by atoms with Crippen LogP contribution in [0.4, 0.5) is 0 Å². The second-order valence-electron chi connectivity index (χ2n) is 16.1. The number of fused-ring (bicyclic) bond motifs is 6. The van der Waals surface area contributed by atoms with Crippen molar-refractivity contribution in [2.75, 3.05) is 0 Å². The Kier molecular flexibility index (Phi) is 11.9. The zero-order valence-electron chi connectivity index (χ0n) is 32.4. The van der Waals surface area contributed by atoms with Crippen molar-refractivity contribution in [3.8, 4) is 22.4 Å². The van der Waals surface area contributed by atoms with Crippen molar-refractivity contribution in [1.82, 2.24) is 9.97 Å². The molecular weight excluding hydrogens is 805 g/mol. The van der Waals surface area contributed by atoms with Gasteiger partial charge in [-0.25, -0.2) is 4.98 Å². The predicted octanol–water partition coefficient (Wildman–Crippen LogP) is 12.5. The summed E-state index contributed by atoms with van der Waals surface area (Å²) in [7, 11) is 0. The molecule has 0 amide bonds. The van der Waals surface area contributed by atoms with Gasteiger partial charge in [-0.2, -0.15) is 0 Å². The van der Waals surface area contributed by atoms with Crippen LogP contribution in [0.1, 0.15) is 119 Å². The molecule has 0 aliphatic heterocycles. The fourth-order valence-corrected chi connectivity index (χ4v) is 7.14. The summed E-state index contributed by atoms with van der Waals surface area (Å²) < 4.78 is 0. The minimum Gasteiger partial charge on any atom is -0.512 e. The largest absolute Gasteiger partial charge is 0.512 e. The van der Waals surface area contributed by atoms with Gasteiger partial charge in [-0.1, -0.05) is 136 Å². The molecule has 4 aromatic carbocycles. The van der Waals surface area contributed by atoms with Crippen molar-refractivity contribution < 1.29 is 30.0 Å². The van der Waals surface area contributed by atoms with E-state index in [2.05, 4.69) is 101 Å². The zero-order valence-corrected chi connectivity index (χ0v) is 34.8. The maximum atomic E-state index is 12.2. The van der Waals surface area contributed by atoms with E-state index in [1.807, 2.05) is 47.6 Å². The van der Waals surface area contributed by atoms with Gasteiger partial charge >= 0.3 is 0 Å². The molecule has 6 rings (SSSR count). The monoisotopic (exact) mass is 860 g/mol. The molecule has 5 aromatic rings. The van der Waals surface area contributed by atoms with Crippen LogP contribution in [0.3, 0.4) is 0 Å². The Bertz CT molecular complexity index is 2080. The molecule has 0 bridgehead atoms. The first-order valence-electron chi connectivity index (χ1n) is 18.3. The number of aromatic nitrogens is 2. The molecule has 51 heavy (non-hydrogen) atoms. The molecular formula is C46H55IrN2O2-. The van der Waals surface area contributed by atoms with Crippen molar-refractivity contribution in [2.45, 2.75) is 113 Å². The molecule has 1 heterocycles. The van der Waals surface area contributed by atoms with Gasteiger partial charge in [-0.05, 0) is 69.8 Å². The van der Waals surface area contributed by atoms with Crippen LogP contribution in [0.25, 0.3) is 43.9 Å². The van der Waals surface area contributed by atoms with E-state index in [1.54, 1.807) is 6.33 Å². The molecule has 0 saturated carbocycles. The van der Waals surface area contributed by atoms with E-state index in [0.717, 1.165) is 48.2 Å².